The third-order valence-electron chi connectivity index (χ3n) is 2.39. The minimum Gasteiger partial charge on any atom is -0.409 e. The molecule has 0 spiro atoms. The Bertz CT molecular complexity index is 479. The molecule has 1 amide bonds. The maximum atomic E-state index is 11.9. The van der Waals surface area contributed by atoms with Gasteiger partial charge in [-0.25, -0.2) is 0 Å². The number of amidine groups is 1. The Morgan fingerprint density at radius 1 is 1.67 bits per heavy atom. The van der Waals surface area contributed by atoms with Crippen molar-refractivity contribution in [2.45, 2.75) is 13.3 Å². The molecule has 98 valence electrons. The lowest BCUT2D eigenvalue weighted by atomic mass is 10.0. The molecule has 5 nitrogen and oxygen atoms in total. The molecule has 0 saturated carbocycles. The maximum Gasteiger partial charge on any atom is 0.235 e. The summed E-state index contributed by atoms with van der Waals surface area (Å²) in [5, 5.41) is 14.7. The summed E-state index contributed by atoms with van der Waals surface area (Å²) in [7, 11) is 0. The van der Waals surface area contributed by atoms with Gasteiger partial charge in [0.2, 0.25) is 5.91 Å². The van der Waals surface area contributed by atoms with Crippen LogP contribution in [0.3, 0.4) is 0 Å². The van der Waals surface area contributed by atoms with Gasteiger partial charge in [-0.15, -0.1) is 0 Å². The third kappa shape index (κ3) is 3.61. The highest BCUT2D eigenvalue weighted by Gasteiger charge is 2.21. The molecule has 0 aliphatic heterocycles. The highest BCUT2D eigenvalue weighted by Crippen LogP contribution is 2.26. The maximum absolute atomic E-state index is 11.9. The number of rotatable bonds is 4. The van der Waals surface area contributed by atoms with E-state index in [9.17, 15) is 4.79 Å². The second-order valence-corrected chi connectivity index (χ2v) is 4.89. The molecular formula is C11H13BrClN3O2. The summed E-state index contributed by atoms with van der Waals surface area (Å²) < 4.78 is 0.665. The van der Waals surface area contributed by atoms with Crippen molar-refractivity contribution in [1.29, 1.82) is 0 Å². The third-order valence-corrected chi connectivity index (χ3v) is 3.28. The number of hydrogen-bond donors (Lipinski definition) is 3. The Kier molecular flexibility index (Phi) is 5.43. The van der Waals surface area contributed by atoms with Crippen LogP contribution in [0.4, 0.5) is 5.69 Å². The van der Waals surface area contributed by atoms with Crippen LogP contribution in [-0.4, -0.2) is 17.0 Å². The van der Waals surface area contributed by atoms with Gasteiger partial charge in [-0.3, -0.25) is 4.79 Å². The number of benzene rings is 1. The number of nitrogens with one attached hydrogen (secondary N) is 1. The summed E-state index contributed by atoms with van der Waals surface area (Å²) >= 11 is 9.09. The van der Waals surface area contributed by atoms with Crippen molar-refractivity contribution in [3.63, 3.8) is 0 Å². The monoisotopic (exact) mass is 333 g/mol. The zero-order valence-corrected chi connectivity index (χ0v) is 12.0. The molecule has 4 N–H and O–H groups in total. The average Bonchev–Trinajstić information content (AvgIpc) is 2.33. The smallest absolute Gasteiger partial charge is 0.235 e. The van der Waals surface area contributed by atoms with Gasteiger partial charge >= 0.3 is 0 Å². The van der Waals surface area contributed by atoms with Crippen LogP contribution in [0.2, 0.25) is 5.02 Å². The number of amides is 1. The van der Waals surface area contributed by atoms with Gasteiger partial charge in [-0.05, 0) is 40.5 Å². The largest absolute Gasteiger partial charge is 0.409 e. The molecule has 1 aromatic rings. The molecule has 0 radical (unpaired) electrons. The second-order valence-electron chi connectivity index (χ2n) is 3.60. The van der Waals surface area contributed by atoms with Gasteiger partial charge in [0.05, 0.1) is 11.6 Å². The van der Waals surface area contributed by atoms with E-state index in [1.54, 1.807) is 25.1 Å². The Balaban J connectivity index is 2.86. The van der Waals surface area contributed by atoms with Crippen molar-refractivity contribution < 1.29 is 10.0 Å². The highest BCUT2D eigenvalue weighted by atomic mass is 79.9. The molecule has 0 heterocycles. The lowest BCUT2D eigenvalue weighted by molar-refractivity contribution is -0.118. The van der Waals surface area contributed by atoms with E-state index in [4.69, 9.17) is 22.5 Å². The zero-order chi connectivity index (χ0) is 13.7. The van der Waals surface area contributed by atoms with Gasteiger partial charge in [-0.1, -0.05) is 23.7 Å². The Hall–Kier alpha value is -1.27. The quantitative estimate of drug-likeness (QED) is 0.342. The number of carbonyl (C=O) groups excluding carboxylic acids is 1. The van der Waals surface area contributed by atoms with Crippen LogP contribution in [0, 0.1) is 5.92 Å². The van der Waals surface area contributed by atoms with E-state index in [2.05, 4.69) is 26.4 Å². The van der Waals surface area contributed by atoms with E-state index in [1.807, 2.05) is 0 Å². The highest BCUT2D eigenvalue weighted by molar-refractivity contribution is 9.10. The van der Waals surface area contributed by atoms with E-state index < -0.39 is 5.92 Å². The van der Waals surface area contributed by atoms with Gasteiger partial charge in [-0.2, -0.15) is 0 Å². The lowest BCUT2D eigenvalue weighted by Crippen LogP contribution is -2.34. The van der Waals surface area contributed by atoms with Gasteiger partial charge in [0.15, 0.2) is 5.84 Å². The number of nitrogens with zero attached hydrogens (tertiary/aromatic N) is 1. The fourth-order valence-electron chi connectivity index (χ4n) is 1.41. The number of nitrogens with two attached hydrogens (primary N) is 1. The molecule has 0 aliphatic carbocycles. The number of carbonyl (C=O) groups is 1. The first-order valence-electron chi connectivity index (χ1n) is 5.23. The van der Waals surface area contributed by atoms with Crippen LogP contribution in [0.1, 0.15) is 13.3 Å². The van der Waals surface area contributed by atoms with Crippen LogP contribution < -0.4 is 11.1 Å². The average molecular weight is 335 g/mol. The van der Waals surface area contributed by atoms with E-state index in [-0.39, 0.29) is 11.7 Å². The van der Waals surface area contributed by atoms with Crippen molar-refractivity contribution in [3.05, 3.63) is 27.7 Å². The SMILES string of the molecule is CCC(C(=O)Nc1ccc(Cl)cc1Br)/C(N)=N/O. The van der Waals surface area contributed by atoms with Crippen LogP contribution in [0.25, 0.3) is 0 Å². The molecular weight excluding hydrogens is 321 g/mol. The molecule has 18 heavy (non-hydrogen) atoms. The van der Waals surface area contributed by atoms with Crippen LogP contribution in [0.15, 0.2) is 27.8 Å². The minimum absolute atomic E-state index is 0.111. The van der Waals surface area contributed by atoms with Crippen LogP contribution in [0.5, 0.6) is 0 Å². The Labute approximate surface area is 118 Å². The molecule has 1 rings (SSSR count). The lowest BCUT2D eigenvalue weighted by Gasteiger charge is -2.14. The number of halogens is 2. The Morgan fingerprint density at radius 2 is 2.33 bits per heavy atom. The van der Waals surface area contributed by atoms with Crippen molar-refractivity contribution in [1.82, 2.24) is 0 Å². The topological polar surface area (TPSA) is 87.7 Å². The molecule has 0 bridgehead atoms. The van der Waals surface area contributed by atoms with Crippen LogP contribution in [-0.2, 0) is 4.79 Å². The second kappa shape index (κ2) is 6.61. The van der Waals surface area contributed by atoms with Gasteiger partial charge in [0.25, 0.3) is 0 Å². The zero-order valence-electron chi connectivity index (χ0n) is 9.65. The molecule has 1 unspecified atom stereocenters. The van der Waals surface area contributed by atoms with Gasteiger partial charge in [0, 0.05) is 9.50 Å². The predicted octanol–water partition coefficient (Wildman–Crippen LogP) is 2.81. The summed E-state index contributed by atoms with van der Waals surface area (Å²) in [6.45, 7) is 1.78. The molecule has 0 saturated heterocycles. The van der Waals surface area contributed by atoms with E-state index in [0.29, 0.717) is 21.6 Å². The summed E-state index contributed by atoms with van der Waals surface area (Å²) in [5.74, 6) is -1.12. The molecule has 0 aliphatic rings. The summed E-state index contributed by atoms with van der Waals surface area (Å²) in [6.07, 6.45) is 0.437. The van der Waals surface area contributed by atoms with E-state index >= 15 is 0 Å². The van der Waals surface area contributed by atoms with E-state index in [1.165, 1.54) is 0 Å². The number of anilines is 1. The molecule has 0 aromatic heterocycles. The Morgan fingerprint density at radius 3 is 2.83 bits per heavy atom. The molecule has 1 aromatic carbocycles. The minimum atomic E-state index is -0.669. The molecule has 0 fully saturated rings. The standard InChI is InChI=1S/C11H13BrClN3O2/c1-2-7(10(14)16-18)11(17)15-9-4-3-6(13)5-8(9)12/h3-5,7,18H,2H2,1H3,(H2,14,16)(H,15,17). The van der Waals surface area contributed by atoms with Crippen molar-refractivity contribution in [2.24, 2.45) is 16.8 Å². The summed E-state index contributed by atoms with van der Waals surface area (Å²) in [5.41, 5.74) is 6.03. The first-order valence-corrected chi connectivity index (χ1v) is 6.40. The van der Waals surface area contributed by atoms with Gasteiger partial charge < -0.3 is 16.3 Å². The van der Waals surface area contributed by atoms with E-state index in [0.717, 1.165) is 0 Å². The first kappa shape index (κ1) is 14.8. The van der Waals surface area contributed by atoms with Gasteiger partial charge in [0.1, 0.15) is 0 Å². The van der Waals surface area contributed by atoms with Crippen LogP contribution >= 0.6 is 27.5 Å². The molecule has 1 atom stereocenters. The fourth-order valence-corrected chi connectivity index (χ4v) is 2.19. The number of hydrogen-bond acceptors (Lipinski definition) is 3. The summed E-state index contributed by atoms with van der Waals surface area (Å²) in [6, 6.07) is 5.00. The number of oxime groups is 1. The van der Waals surface area contributed by atoms with Crippen molar-refractivity contribution in [3.8, 4) is 0 Å². The fraction of sp³-hybridized carbons (Fsp3) is 0.273. The van der Waals surface area contributed by atoms with Crippen molar-refractivity contribution >= 4 is 45.0 Å². The normalized spacial score (nSPS) is 13.2. The summed E-state index contributed by atoms with van der Waals surface area (Å²) in [4.78, 5) is 11.9. The van der Waals surface area contributed by atoms with Crippen molar-refractivity contribution in [2.75, 3.05) is 5.32 Å². The molecule has 7 heteroatoms. The first-order chi connectivity index (χ1) is 8.49. The predicted molar refractivity (Wildman–Crippen MR) is 75.0 cm³/mol.